The number of hydrogen-bond acceptors (Lipinski definition) is 2. The quantitative estimate of drug-likeness (QED) is 0.749. The predicted octanol–water partition coefficient (Wildman–Crippen LogP) is 2.39. The van der Waals surface area contributed by atoms with Gasteiger partial charge in [0.1, 0.15) is 0 Å². The molecule has 1 saturated heterocycles. The minimum absolute atomic E-state index is 0.436. The van der Waals surface area contributed by atoms with Crippen LogP contribution in [0.5, 0.6) is 0 Å². The van der Waals surface area contributed by atoms with Gasteiger partial charge in [0.15, 0.2) is 0 Å². The normalized spacial score (nSPS) is 28.2. The Bertz CT molecular complexity index is 209. The fourth-order valence-electron chi connectivity index (χ4n) is 2.87. The van der Waals surface area contributed by atoms with Crippen molar-refractivity contribution >= 4 is 0 Å². The molecule has 0 radical (unpaired) electrons. The second kappa shape index (κ2) is 4.42. The van der Waals surface area contributed by atoms with Crippen LogP contribution in [0.2, 0.25) is 0 Å². The molecule has 2 rings (SSSR count). The predicted molar refractivity (Wildman–Crippen MR) is 65.1 cm³/mol. The van der Waals surface area contributed by atoms with Crippen LogP contribution in [0.4, 0.5) is 0 Å². The molecule has 2 heteroatoms. The van der Waals surface area contributed by atoms with Crippen molar-refractivity contribution in [3.8, 4) is 0 Å². The van der Waals surface area contributed by atoms with E-state index in [0.29, 0.717) is 5.54 Å². The minimum atomic E-state index is 0.436. The Morgan fingerprint density at radius 2 is 2.13 bits per heavy atom. The van der Waals surface area contributed by atoms with Gasteiger partial charge in [-0.2, -0.15) is 0 Å². The lowest BCUT2D eigenvalue weighted by atomic mass is 9.99. The number of nitrogens with one attached hydrogen (secondary N) is 1. The fraction of sp³-hybridized carbons (Fsp3) is 1.00. The molecular formula is C13H26N2. The zero-order valence-electron chi connectivity index (χ0n) is 10.6. The van der Waals surface area contributed by atoms with Gasteiger partial charge in [0.2, 0.25) is 0 Å². The van der Waals surface area contributed by atoms with Gasteiger partial charge >= 0.3 is 0 Å². The maximum absolute atomic E-state index is 3.68. The molecule has 1 heterocycles. The summed E-state index contributed by atoms with van der Waals surface area (Å²) in [5, 5.41) is 3.68. The smallest absolute Gasteiger partial charge is 0.0223 e. The van der Waals surface area contributed by atoms with Gasteiger partial charge in [0.25, 0.3) is 0 Å². The van der Waals surface area contributed by atoms with Crippen LogP contribution in [0.3, 0.4) is 0 Å². The van der Waals surface area contributed by atoms with E-state index in [1.807, 2.05) is 0 Å². The SMILES string of the molecule is CCC(CNC1CC1)N1CCCC1(C)C. The number of nitrogens with zero attached hydrogens (tertiary/aromatic N) is 1. The molecule has 1 atom stereocenters. The van der Waals surface area contributed by atoms with Gasteiger partial charge in [-0.05, 0) is 52.5 Å². The highest BCUT2D eigenvalue weighted by atomic mass is 15.2. The van der Waals surface area contributed by atoms with Crippen LogP contribution in [0.25, 0.3) is 0 Å². The van der Waals surface area contributed by atoms with Crippen molar-refractivity contribution in [3.63, 3.8) is 0 Å². The van der Waals surface area contributed by atoms with Gasteiger partial charge in [-0.1, -0.05) is 6.92 Å². The lowest BCUT2D eigenvalue weighted by Gasteiger charge is -2.38. The Hall–Kier alpha value is -0.0800. The van der Waals surface area contributed by atoms with Crippen LogP contribution in [0.15, 0.2) is 0 Å². The molecule has 2 fully saturated rings. The highest BCUT2D eigenvalue weighted by Crippen LogP contribution is 2.31. The summed E-state index contributed by atoms with van der Waals surface area (Å²) in [6.07, 6.45) is 6.84. The highest BCUT2D eigenvalue weighted by molar-refractivity contribution is 4.93. The second-order valence-electron chi connectivity index (χ2n) is 5.85. The van der Waals surface area contributed by atoms with E-state index < -0.39 is 0 Å². The van der Waals surface area contributed by atoms with E-state index in [2.05, 4.69) is 31.0 Å². The van der Waals surface area contributed by atoms with Crippen LogP contribution in [0.1, 0.15) is 52.9 Å². The molecule has 1 aliphatic carbocycles. The molecule has 0 aromatic carbocycles. The van der Waals surface area contributed by atoms with Gasteiger partial charge in [-0.25, -0.2) is 0 Å². The Kier molecular flexibility index (Phi) is 3.36. The summed E-state index contributed by atoms with van der Waals surface area (Å²) >= 11 is 0. The molecule has 1 unspecified atom stereocenters. The lowest BCUT2D eigenvalue weighted by Crippen LogP contribution is -2.49. The zero-order chi connectivity index (χ0) is 10.9. The summed E-state index contributed by atoms with van der Waals surface area (Å²) in [6, 6.07) is 1.60. The summed E-state index contributed by atoms with van der Waals surface area (Å²) in [5.74, 6) is 0. The summed E-state index contributed by atoms with van der Waals surface area (Å²) < 4.78 is 0. The third-order valence-electron chi connectivity index (χ3n) is 4.10. The Morgan fingerprint density at radius 1 is 1.40 bits per heavy atom. The van der Waals surface area contributed by atoms with E-state index in [0.717, 1.165) is 12.1 Å². The molecule has 0 spiro atoms. The van der Waals surface area contributed by atoms with E-state index in [-0.39, 0.29) is 0 Å². The van der Waals surface area contributed by atoms with E-state index in [1.165, 1.54) is 45.2 Å². The molecule has 0 amide bonds. The lowest BCUT2D eigenvalue weighted by molar-refractivity contribution is 0.110. The van der Waals surface area contributed by atoms with Crippen molar-refractivity contribution in [2.24, 2.45) is 0 Å². The maximum atomic E-state index is 3.68. The molecular weight excluding hydrogens is 184 g/mol. The van der Waals surface area contributed by atoms with Crippen LogP contribution < -0.4 is 5.32 Å². The maximum Gasteiger partial charge on any atom is 0.0223 e. The van der Waals surface area contributed by atoms with Crippen molar-refractivity contribution in [2.75, 3.05) is 13.1 Å². The number of rotatable bonds is 5. The fourth-order valence-corrected chi connectivity index (χ4v) is 2.87. The third kappa shape index (κ3) is 2.73. The first kappa shape index (κ1) is 11.4. The minimum Gasteiger partial charge on any atom is -0.312 e. The average Bonchev–Trinajstić information content (AvgIpc) is 2.93. The Morgan fingerprint density at radius 3 is 2.60 bits per heavy atom. The van der Waals surface area contributed by atoms with Gasteiger partial charge in [-0.3, -0.25) is 4.90 Å². The molecule has 88 valence electrons. The molecule has 1 N–H and O–H groups in total. The monoisotopic (exact) mass is 210 g/mol. The van der Waals surface area contributed by atoms with Gasteiger partial charge in [-0.15, -0.1) is 0 Å². The Balaban J connectivity index is 1.86. The van der Waals surface area contributed by atoms with Gasteiger partial charge in [0.05, 0.1) is 0 Å². The Labute approximate surface area is 94.4 Å². The van der Waals surface area contributed by atoms with Crippen molar-refractivity contribution in [3.05, 3.63) is 0 Å². The van der Waals surface area contributed by atoms with Crippen molar-refractivity contribution in [1.82, 2.24) is 10.2 Å². The van der Waals surface area contributed by atoms with Crippen molar-refractivity contribution in [1.29, 1.82) is 0 Å². The summed E-state index contributed by atoms with van der Waals surface area (Å²) in [6.45, 7) is 9.63. The first-order valence-corrected chi connectivity index (χ1v) is 6.63. The zero-order valence-corrected chi connectivity index (χ0v) is 10.6. The molecule has 15 heavy (non-hydrogen) atoms. The third-order valence-corrected chi connectivity index (χ3v) is 4.10. The van der Waals surface area contributed by atoms with Crippen LogP contribution in [0, 0.1) is 0 Å². The topological polar surface area (TPSA) is 15.3 Å². The van der Waals surface area contributed by atoms with Crippen molar-refractivity contribution < 1.29 is 0 Å². The summed E-state index contributed by atoms with van der Waals surface area (Å²) in [7, 11) is 0. The van der Waals surface area contributed by atoms with E-state index in [1.54, 1.807) is 0 Å². The average molecular weight is 210 g/mol. The first-order valence-electron chi connectivity index (χ1n) is 6.63. The van der Waals surface area contributed by atoms with Crippen LogP contribution >= 0.6 is 0 Å². The van der Waals surface area contributed by atoms with Crippen molar-refractivity contribution in [2.45, 2.75) is 70.5 Å². The molecule has 0 bridgehead atoms. The van der Waals surface area contributed by atoms with Gasteiger partial charge < -0.3 is 5.32 Å². The molecule has 1 aliphatic heterocycles. The molecule has 2 aliphatic rings. The summed E-state index contributed by atoms with van der Waals surface area (Å²) in [4.78, 5) is 2.72. The van der Waals surface area contributed by atoms with Crippen LogP contribution in [-0.2, 0) is 0 Å². The van der Waals surface area contributed by atoms with E-state index in [9.17, 15) is 0 Å². The molecule has 0 aromatic heterocycles. The second-order valence-corrected chi connectivity index (χ2v) is 5.85. The highest BCUT2D eigenvalue weighted by Gasteiger charge is 2.36. The first-order chi connectivity index (χ1) is 7.13. The van der Waals surface area contributed by atoms with E-state index in [4.69, 9.17) is 0 Å². The molecule has 0 aromatic rings. The van der Waals surface area contributed by atoms with Gasteiger partial charge in [0, 0.05) is 24.2 Å². The number of hydrogen-bond donors (Lipinski definition) is 1. The summed E-state index contributed by atoms with van der Waals surface area (Å²) in [5.41, 5.74) is 0.436. The standard InChI is InChI=1S/C13H26N2/c1-4-12(10-14-11-6-7-11)15-9-5-8-13(15,2)3/h11-12,14H,4-10H2,1-3H3. The largest absolute Gasteiger partial charge is 0.312 e. The van der Waals surface area contributed by atoms with Crippen LogP contribution in [-0.4, -0.2) is 35.6 Å². The number of likely N-dealkylation sites (tertiary alicyclic amines) is 1. The molecule has 2 nitrogen and oxygen atoms in total. The van der Waals surface area contributed by atoms with E-state index >= 15 is 0 Å². The molecule has 1 saturated carbocycles.